The summed E-state index contributed by atoms with van der Waals surface area (Å²) in [7, 11) is 0. The van der Waals surface area contributed by atoms with Crippen molar-refractivity contribution < 1.29 is 9.26 Å². The van der Waals surface area contributed by atoms with Crippen LogP contribution in [-0.2, 0) is 10.2 Å². The maximum atomic E-state index is 5.72. The molecule has 0 unspecified atom stereocenters. The monoisotopic (exact) mass is 444 g/mol. The van der Waals surface area contributed by atoms with Gasteiger partial charge >= 0.3 is 0 Å². The third-order valence-corrected chi connectivity index (χ3v) is 6.43. The summed E-state index contributed by atoms with van der Waals surface area (Å²) in [6, 6.07) is 12.6. The van der Waals surface area contributed by atoms with Gasteiger partial charge in [0.25, 0.3) is 5.89 Å². The van der Waals surface area contributed by atoms with Crippen LogP contribution in [0.5, 0.6) is 0 Å². The average molecular weight is 445 g/mol. The lowest BCUT2D eigenvalue weighted by molar-refractivity contribution is -0.0286. The molecule has 0 spiro atoms. The molecule has 4 heterocycles. The number of benzene rings is 1. The van der Waals surface area contributed by atoms with Crippen LogP contribution in [0.2, 0.25) is 0 Å². The summed E-state index contributed by atoms with van der Waals surface area (Å²) in [5, 5.41) is 8.83. The SMILES string of the molecule is CCCC[C@](C)(c1ccc(-c2ccc(N)nc2)cc1)c1noc(-c2cnn(C3COC3)c2)n1. The smallest absolute Gasteiger partial charge is 0.261 e. The van der Waals surface area contributed by atoms with Gasteiger partial charge in [-0.1, -0.05) is 49.2 Å². The second-order valence-corrected chi connectivity index (χ2v) is 8.81. The Balaban J connectivity index is 1.44. The number of hydrogen-bond donors (Lipinski definition) is 1. The van der Waals surface area contributed by atoms with Crippen molar-refractivity contribution in [1.82, 2.24) is 24.9 Å². The van der Waals surface area contributed by atoms with Crippen LogP contribution in [0, 0.1) is 0 Å². The zero-order valence-corrected chi connectivity index (χ0v) is 18.9. The topological polar surface area (TPSA) is 105 Å². The number of ether oxygens (including phenoxy) is 1. The van der Waals surface area contributed by atoms with Gasteiger partial charge < -0.3 is 15.0 Å². The Hall–Kier alpha value is -3.52. The molecule has 8 nitrogen and oxygen atoms in total. The molecule has 33 heavy (non-hydrogen) atoms. The van der Waals surface area contributed by atoms with E-state index in [1.54, 1.807) is 12.4 Å². The molecule has 2 N–H and O–H groups in total. The van der Waals surface area contributed by atoms with E-state index in [1.807, 2.05) is 23.0 Å². The van der Waals surface area contributed by atoms with E-state index in [-0.39, 0.29) is 11.5 Å². The van der Waals surface area contributed by atoms with Crippen LogP contribution < -0.4 is 5.73 Å². The van der Waals surface area contributed by atoms with Gasteiger partial charge in [-0.15, -0.1) is 0 Å². The zero-order valence-electron chi connectivity index (χ0n) is 18.9. The van der Waals surface area contributed by atoms with Crippen molar-refractivity contribution in [3.63, 3.8) is 0 Å². The number of anilines is 1. The highest BCUT2D eigenvalue weighted by Gasteiger charge is 2.34. The summed E-state index contributed by atoms with van der Waals surface area (Å²) < 4.78 is 12.8. The summed E-state index contributed by atoms with van der Waals surface area (Å²) in [6.45, 7) is 5.76. The Morgan fingerprint density at radius 3 is 2.52 bits per heavy atom. The molecule has 1 saturated heterocycles. The minimum Gasteiger partial charge on any atom is -0.384 e. The molecule has 0 aliphatic carbocycles. The van der Waals surface area contributed by atoms with E-state index in [4.69, 9.17) is 20.0 Å². The van der Waals surface area contributed by atoms with Crippen molar-refractivity contribution in [2.75, 3.05) is 18.9 Å². The first-order valence-corrected chi connectivity index (χ1v) is 11.4. The largest absolute Gasteiger partial charge is 0.384 e. The first-order valence-electron chi connectivity index (χ1n) is 11.4. The molecule has 1 atom stereocenters. The van der Waals surface area contributed by atoms with Crippen LogP contribution in [0.25, 0.3) is 22.6 Å². The van der Waals surface area contributed by atoms with Gasteiger partial charge in [0.1, 0.15) is 5.82 Å². The molecule has 1 aromatic carbocycles. The van der Waals surface area contributed by atoms with E-state index in [1.165, 1.54) is 0 Å². The molecule has 3 aromatic heterocycles. The maximum absolute atomic E-state index is 5.72. The number of rotatable bonds is 8. The van der Waals surface area contributed by atoms with E-state index in [2.05, 4.69) is 53.4 Å². The van der Waals surface area contributed by atoms with Crippen molar-refractivity contribution in [1.29, 1.82) is 0 Å². The van der Waals surface area contributed by atoms with Crippen molar-refractivity contribution in [3.8, 4) is 22.6 Å². The van der Waals surface area contributed by atoms with Crippen LogP contribution in [0.1, 0.15) is 50.5 Å². The van der Waals surface area contributed by atoms with Crippen molar-refractivity contribution in [2.24, 2.45) is 0 Å². The fourth-order valence-electron chi connectivity index (χ4n) is 4.11. The molecule has 0 saturated carbocycles. The Labute approximate surface area is 192 Å². The summed E-state index contributed by atoms with van der Waals surface area (Å²) in [5.74, 6) is 1.69. The van der Waals surface area contributed by atoms with E-state index in [0.29, 0.717) is 30.7 Å². The summed E-state index contributed by atoms with van der Waals surface area (Å²) >= 11 is 0. The first kappa shape index (κ1) is 21.3. The highest BCUT2D eigenvalue weighted by molar-refractivity contribution is 5.64. The lowest BCUT2D eigenvalue weighted by Gasteiger charge is -2.27. The molecule has 1 aliphatic rings. The number of nitrogens with two attached hydrogens (primary N) is 1. The third kappa shape index (κ3) is 4.14. The van der Waals surface area contributed by atoms with Gasteiger partial charge in [-0.25, -0.2) is 4.98 Å². The number of aromatic nitrogens is 5. The normalized spacial score (nSPS) is 15.8. The molecule has 170 valence electrons. The van der Waals surface area contributed by atoms with E-state index >= 15 is 0 Å². The standard InChI is InChI=1S/C25H28N6O2/c1-3-4-11-25(2,20-8-5-17(6-9-20)18-7-10-22(26)27-12-18)24-29-23(33-30-24)19-13-28-31(14-19)21-15-32-16-21/h5-10,12-14,21H,3-4,11,15-16H2,1-2H3,(H2,26,27)/t25-/m1/s1. The molecular weight excluding hydrogens is 416 g/mol. The summed E-state index contributed by atoms with van der Waals surface area (Å²) in [6.07, 6.45) is 8.58. The van der Waals surface area contributed by atoms with Gasteiger partial charge in [0.05, 0.1) is 36.4 Å². The molecular formula is C25H28N6O2. The predicted octanol–water partition coefficient (Wildman–Crippen LogP) is 4.64. The van der Waals surface area contributed by atoms with Gasteiger partial charge in [0.2, 0.25) is 0 Å². The lowest BCUT2D eigenvalue weighted by atomic mass is 9.77. The maximum Gasteiger partial charge on any atom is 0.261 e. The van der Waals surface area contributed by atoms with Crippen LogP contribution in [-0.4, -0.2) is 38.1 Å². The summed E-state index contributed by atoms with van der Waals surface area (Å²) in [5.41, 5.74) is 9.45. The highest BCUT2D eigenvalue weighted by atomic mass is 16.5. The fourth-order valence-corrected chi connectivity index (χ4v) is 4.11. The molecule has 1 fully saturated rings. The summed E-state index contributed by atoms with van der Waals surface area (Å²) in [4.78, 5) is 9.00. The first-order chi connectivity index (χ1) is 16.1. The Kier molecular flexibility index (Phi) is 5.68. The Bertz CT molecular complexity index is 1210. The number of nitrogen functional groups attached to an aromatic ring is 1. The van der Waals surface area contributed by atoms with Gasteiger partial charge in [0.15, 0.2) is 5.82 Å². The third-order valence-electron chi connectivity index (χ3n) is 6.43. The number of nitrogens with zero attached hydrogens (tertiary/aromatic N) is 5. The van der Waals surface area contributed by atoms with Gasteiger partial charge in [0, 0.05) is 18.0 Å². The quantitative estimate of drug-likeness (QED) is 0.422. The van der Waals surface area contributed by atoms with Crippen LogP contribution in [0.4, 0.5) is 5.82 Å². The molecule has 0 bridgehead atoms. The minimum atomic E-state index is -0.368. The number of pyridine rings is 1. The Morgan fingerprint density at radius 1 is 1.06 bits per heavy atom. The second-order valence-electron chi connectivity index (χ2n) is 8.81. The minimum absolute atomic E-state index is 0.283. The zero-order chi connectivity index (χ0) is 22.8. The molecule has 4 aromatic rings. The molecule has 8 heteroatoms. The average Bonchev–Trinajstić information content (AvgIpc) is 3.47. The van der Waals surface area contributed by atoms with Crippen molar-refractivity contribution in [2.45, 2.75) is 44.6 Å². The fraction of sp³-hybridized carbons (Fsp3) is 0.360. The van der Waals surface area contributed by atoms with E-state index in [0.717, 1.165) is 41.5 Å². The van der Waals surface area contributed by atoms with Crippen molar-refractivity contribution in [3.05, 3.63) is 66.4 Å². The number of unbranched alkanes of at least 4 members (excludes halogenated alkanes) is 1. The van der Waals surface area contributed by atoms with Gasteiger partial charge in [-0.05, 0) is 36.6 Å². The molecule has 0 radical (unpaired) electrons. The van der Waals surface area contributed by atoms with Crippen molar-refractivity contribution >= 4 is 5.82 Å². The van der Waals surface area contributed by atoms with E-state index in [9.17, 15) is 0 Å². The van der Waals surface area contributed by atoms with Crippen LogP contribution >= 0.6 is 0 Å². The van der Waals surface area contributed by atoms with Crippen LogP contribution in [0.3, 0.4) is 0 Å². The highest BCUT2D eigenvalue weighted by Crippen LogP contribution is 2.37. The van der Waals surface area contributed by atoms with E-state index < -0.39 is 0 Å². The predicted molar refractivity (Wildman–Crippen MR) is 125 cm³/mol. The lowest BCUT2D eigenvalue weighted by Crippen LogP contribution is -2.30. The number of hydrogen-bond acceptors (Lipinski definition) is 7. The molecule has 0 amide bonds. The second kappa shape index (κ2) is 8.78. The van der Waals surface area contributed by atoms with Crippen LogP contribution in [0.15, 0.2) is 59.5 Å². The molecule has 1 aliphatic heterocycles. The van der Waals surface area contributed by atoms with Gasteiger partial charge in [-0.2, -0.15) is 10.1 Å². The Morgan fingerprint density at radius 2 is 1.85 bits per heavy atom. The van der Waals surface area contributed by atoms with Gasteiger partial charge in [-0.3, -0.25) is 4.68 Å². The molecule has 5 rings (SSSR count).